The van der Waals surface area contributed by atoms with Crippen LogP contribution in [0.1, 0.15) is 28.0 Å². The molecule has 0 aliphatic rings. The van der Waals surface area contributed by atoms with Gasteiger partial charge in [0.1, 0.15) is 0 Å². The number of aryl methyl sites for hydroxylation is 1. The monoisotopic (exact) mass is 405 g/mol. The van der Waals surface area contributed by atoms with E-state index in [0.717, 1.165) is 10.7 Å². The highest BCUT2D eigenvalue weighted by atomic mass is 32.2. The fourth-order valence-electron chi connectivity index (χ4n) is 2.59. The number of methoxy groups -OCH3 is 1. The molecule has 3 rings (SSSR count). The first-order chi connectivity index (χ1) is 12.9. The lowest BCUT2D eigenvalue weighted by molar-refractivity contribution is 0.0601. The van der Waals surface area contributed by atoms with Gasteiger partial charge in [0.25, 0.3) is 5.56 Å². The van der Waals surface area contributed by atoms with Crippen LogP contribution in [0, 0.1) is 6.92 Å². The van der Waals surface area contributed by atoms with Crippen LogP contribution in [0.25, 0.3) is 10.9 Å². The van der Waals surface area contributed by atoms with Gasteiger partial charge in [0.2, 0.25) is 0 Å². The van der Waals surface area contributed by atoms with E-state index in [9.17, 15) is 14.7 Å². The first kappa shape index (κ1) is 19.5. The third kappa shape index (κ3) is 4.37. The van der Waals surface area contributed by atoms with E-state index in [0.29, 0.717) is 27.4 Å². The van der Waals surface area contributed by atoms with Crippen molar-refractivity contribution in [1.82, 2.24) is 14.5 Å². The number of thiazole rings is 1. The van der Waals surface area contributed by atoms with Crippen LogP contribution in [-0.2, 0) is 17.0 Å². The van der Waals surface area contributed by atoms with Gasteiger partial charge < -0.3 is 9.84 Å². The number of carbonyl (C=O) groups excluding carboxylic acids is 1. The normalized spacial score (nSPS) is 12.3. The topological polar surface area (TPSA) is 94.3 Å². The summed E-state index contributed by atoms with van der Waals surface area (Å²) < 4.78 is 6.20. The van der Waals surface area contributed by atoms with Crippen molar-refractivity contribution in [1.29, 1.82) is 0 Å². The number of hydrogen-bond donors (Lipinski definition) is 1. The molecular formula is C18H19N3O4S2. The van der Waals surface area contributed by atoms with Gasteiger partial charge in [-0.05, 0) is 32.0 Å². The van der Waals surface area contributed by atoms with Gasteiger partial charge >= 0.3 is 5.97 Å². The average molecular weight is 406 g/mol. The predicted octanol–water partition coefficient (Wildman–Crippen LogP) is 2.62. The van der Waals surface area contributed by atoms with Crippen LogP contribution in [0.15, 0.2) is 33.5 Å². The fourth-order valence-corrected chi connectivity index (χ4v) is 4.21. The molecule has 0 saturated heterocycles. The molecule has 0 amide bonds. The molecule has 0 bridgehead atoms. The Morgan fingerprint density at radius 1 is 1.41 bits per heavy atom. The van der Waals surface area contributed by atoms with Gasteiger partial charge in [0.15, 0.2) is 5.16 Å². The fraction of sp³-hybridized carbons (Fsp3) is 0.333. The third-order valence-corrected chi connectivity index (χ3v) is 5.64. The number of hydrogen-bond acceptors (Lipinski definition) is 8. The summed E-state index contributed by atoms with van der Waals surface area (Å²) in [6, 6.07) is 4.65. The van der Waals surface area contributed by atoms with Gasteiger partial charge in [-0.1, -0.05) is 11.8 Å². The second-order valence-corrected chi connectivity index (χ2v) is 8.03. The van der Waals surface area contributed by atoms with Gasteiger partial charge in [0.05, 0.1) is 46.9 Å². The molecule has 2 aromatic heterocycles. The Morgan fingerprint density at radius 3 is 2.81 bits per heavy atom. The predicted molar refractivity (Wildman–Crippen MR) is 105 cm³/mol. The summed E-state index contributed by atoms with van der Waals surface area (Å²) in [6.45, 7) is 3.69. The number of rotatable bonds is 6. The zero-order chi connectivity index (χ0) is 19.6. The summed E-state index contributed by atoms with van der Waals surface area (Å²) in [4.78, 5) is 33.7. The molecular weight excluding hydrogens is 386 g/mol. The number of nitrogens with zero attached hydrogens (tertiary/aromatic N) is 3. The summed E-state index contributed by atoms with van der Waals surface area (Å²) in [5, 5.41) is 13.6. The van der Waals surface area contributed by atoms with E-state index in [1.54, 1.807) is 30.4 Å². The van der Waals surface area contributed by atoms with Crippen LogP contribution in [0.4, 0.5) is 0 Å². The van der Waals surface area contributed by atoms with Crippen LogP contribution in [-0.4, -0.2) is 38.8 Å². The number of thioether (sulfide) groups is 1. The Kier molecular flexibility index (Phi) is 5.93. The number of ether oxygens (including phenoxy) is 1. The van der Waals surface area contributed by atoms with E-state index in [2.05, 4.69) is 9.97 Å². The number of esters is 1. The Bertz CT molecular complexity index is 1040. The molecule has 142 valence electrons. The summed E-state index contributed by atoms with van der Waals surface area (Å²) in [7, 11) is 1.30. The van der Waals surface area contributed by atoms with E-state index in [1.807, 2.05) is 12.3 Å². The van der Waals surface area contributed by atoms with Gasteiger partial charge in [-0.15, -0.1) is 11.3 Å². The SMILES string of the molecule is COC(=O)c1ccc2c(=O)n(C[C@@H](C)O)c(SCc3csc(C)n3)nc2c1. The maximum absolute atomic E-state index is 12.9. The Labute approximate surface area is 164 Å². The van der Waals surface area contributed by atoms with Crippen molar-refractivity contribution in [3.63, 3.8) is 0 Å². The largest absolute Gasteiger partial charge is 0.465 e. The summed E-state index contributed by atoms with van der Waals surface area (Å²) in [5.74, 6) is 0.0673. The number of aliphatic hydroxyl groups excluding tert-OH is 1. The van der Waals surface area contributed by atoms with Crippen LogP contribution >= 0.6 is 23.1 Å². The molecule has 1 aromatic carbocycles. The van der Waals surface area contributed by atoms with Gasteiger partial charge in [-0.25, -0.2) is 14.8 Å². The first-order valence-corrected chi connectivity index (χ1v) is 10.1. The van der Waals surface area contributed by atoms with Crippen molar-refractivity contribution < 1.29 is 14.6 Å². The van der Waals surface area contributed by atoms with Crippen molar-refractivity contribution in [2.45, 2.75) is 37.4 Å². The molecule has 0 unspecified atom stereocenters. The smallest absolute Gasteiger partial charge is 0.337 e. The highest BCUT2D eigenvalue weighted by molar-refractivity contribution is 7.98. The minimum atomic E-state index is -0.697. The van der Waals surface area contributed by atoms with Gasteiger partial charge in [-0.3, -0.25) is 9.36 Å². The maximum atomic E-state index is 12.9. The number of carbonyl (C=O) groups is 1. The molecule has 0 aliphatic heterocycles. The minimum Gasteiger partial charge on any atom is -0.465 e. The number of aliphatic hydroxyl groups is 1. The van der Waals surface area contributed by atoms with Crippen molar-refractivity contribution >= 4 is 40.0 Å². The van der Waals surface area contributed by atoms with E-state index >= 15 is 0 Å². The first-order valence-electron chi connectivity index (χ1n) is 8.24. The molecule has 1 atom stereocenters. The lowest BCUT2D eigenvalue weighted by Gasteiger charge is -2.14. The molecule has 2 heterocycles. The highest BCUT2D eigenvalue weighted by Crippen LogP contribution is 2.24. The molecule has 0 fully saturated rings. The van der Waals surface area contributed by atoms with Crippen LogP contribution in [0.5, 0.6) is 0 Å². The average Bonchev–Trinajstić information content (AvgIpc) is 3.06. The number of benzene rings is 1. The lowest BCUT2D eigenvalue weighted by Crippen LogP contribution is -2.28. The van der Waals surface area contributed by atoms with E-state index < -0.39 is 12.1 Å². The summed E-state index contributed by atoms with van der Waals surface area (Å²) in [6.07, 6.45) is -0.697. The van der Waals surface area contributed by atoms with Gasteiger partial charge in [0, 0.05) is 11.1 Å². The summed E-state index contributed by atoms with van der Waals surface area (Å²) in [5.41, 5.74) is 1.40. The number of fused-ring (bicyclic) bond motifs is 1. The summed E-state index contributed by atoms with van der Waals surface area (Å²) >= 11 is 2.94. The number of aromatic nitrogens is 3. The lowest BCUT2D eigenvalue weighted by atomic mass is 10.1. The molecule has 1 N–H and O–H groups in total. The molecule has 27 heavy (non-hydrogen) atoms. The van der Waals surface area contributed by atoms with Crippen molar-refractivity contribution in [2.24, 2.45) is 0 Å². The Morgan fingerprint density at radius 2 is 2.19 bits per heavy atom. The van der Waals surface area contributed by atoms with Crippen molar-refractivity contribution in [2.75, 3.05) is 7.11 Å². The van der Waals surface area contributed by atoms with Gasteiger partial charge in [-0.2, -0.15) is 0 Å². The van der Waals surface area contributed by atoms with Crippen LogP contribution < -0.4 is 5.56 Å². The quantitative estimate of drug-likeness (QED) is 0.383. The maximum Gasteiger partial charge on any atom is 0.337 e. The molecule has 9 heteroatoms. The van der Waals surface area contributed by atoms with Crippen LogP contribution in [0.2, 0.25) is 0 Å². The standard InChI is InChI=1S/C18H19N3O4S2/c1-10(22)7-21-16(23)14-5-4-12(17(24)25-3)6-15(14)20-18(21)27-9-13-8-26-11(2)19-13/h4-6,8,10,22H,7,9H2,1-3H3/t10-/m1/s1. The Hall–Kier alpha value is -2.23. The zero-order valence-corrected chi connectivity index (χ0v) is 16.8. The second-order valence-electron chi connectivity index (χ2n) is 6.03. The van der Waals surface area contributed by atoms with Crippen LogP contribution in [0.3, 0.4) is 0 Å². The zero-order valence-electron chi connectivity index (χ0n) is 15.1. The van der Waals surface area contributed by atoms with E-state index in [-0.39, 0.29) is 12.1 Å². The van der Waals surface area contributed by atoms with Crippen molar-refractivity contribution in [3.05, 3.63) is 50.2 Å². The van der Waals surface area contributed by atoms with Crippen molar-refractivity contribution in [3.8, 4) is 0 Å². The minimum absolute atomic E-state index is 0.138. The Balaban J connectivity index is 2.06. The molecule has 0 radical (unpaired) electrons. The second kappa shape index (κ2) is 8.20. The molecule has 0 spiro atoms. The van der Waals surface area contributed by atoms with E-state index in [4.69, 9.17) is 4.74 Å². The highest BCUT2D eigenvalue weighted by Gasteiger charge is 2.16. The third-order valence-electron chi connectivity index (χ3n) is 3.80. The molecule has 0 saturated carbocycles. The molecule has 7 nitrogen and oxygen atoms in total. The van der Waals surface area contributed by atoms with E-state index in [1.165, 1.54) is 29.5 Å². The molecule has 3 aromatic rings. The molecule has 0 aliphatic carbocycles.